The van der Waals surface area contributed by atoms with Crippen molar-refractivity contribution < 1.29 is 59.4 Å². The Balaban J connectivity index is 1.69. The minimum Gasteiger partial charge on any atom is -0.394 e. The van der Waals surface area contributed by atoms with Crippen LogP contribution < -0.4 is 11.5 Å². The Morgan fingerprint density at radius 1 is 0.742 bits per heavy atom. The van der Waals surface area contributed by atoms with Gasteiger partial charge in [0.2, 0.25) is 0 Å². The fourth-order valence-corrected chi connectivity index (χ4v) is 3.91. The number of aliphatic hydroxyl groups excluding tert-OH is 7. The maximum Gasteiger partial charge on any atom is 0.187 e. The molecule has 3 aliphatic rings. The Morgan fingerprint density at radius 2 is 1.35 bits per heavy atom. The lowest BCUT2D eigenvalue weighted by Crippen LogP contribution is -2.67. The van der Waals surface area contributed by atoms with Crippen LogP contribution in [0.2, 0.25) is 0 Å². The van der Waals surface area contributed by atoms with Crippen LogP contribution in [0, 0.1) is 0 Å². The predicted molar refractivity (Wildman–Crippen MR) is 98.0 cm³/mol. The Bertz CT molecular complexity index is 571. The molecule has 11 N–H and O–H groups in total. The van der Waals surface area contributed by atoms with E-state index >= 15 is 0 Å². The maximum absolute atomic E-state index is 10.7. The van der Waals surface area contributed by atoms with Gasteiger partial charge in [0.1, 0.15) is 61.0 Å². The third kappa shape index (κ3) is 5.02. The monoisotopic (exact) mass is 456 g/mol. The minimum atomic E-state index is -1.69. The summed E-state index contributed by atoms with van der Waals surface area (Å²) in [7, 11) is 0. The number of hydrogen-bond acceptors (Lipinski definition) is 14. The molecule has 0 aromatic carbocycles. The molecule has 0 amide bonds. The minimum absolute atomic E-state index is 0.0520. The Kier molecular flexibility index (Phi) is 8.56. The summed E-state index contributed by atoms with van der Waals surface area (Å²) in [5, 5.41) is 69.4. The van der Waals surface area contributed by atoms with Gasteiger partial charge in [0.25, 0.3) is 0 Å². The van der Waals surface area contributed by atoms with Gasteiger partial charge in [0.05, 0.1) is 25.9 Å². The third-order valence-corrected chi connectivity index (χ3v) is 5.79. The lowest BCUT2D eigenvalue weighted by molar-refractivity contribution is -0.348. The van der Waals surface area contributed by atoms with Crippen molar-refractivity contribution in [3.05, 3.63) is 0 Å². The molecule has 3 heterocycles. The zero-order chi connectivity index (χ0) is 22.9. The second-order valence-corrected chi connectivity index (χ2v) is 7.87. The van der Waals surface area contributed by atoms with E-state index in [1.54, 1.807) is 0 Å². The van der Waals surface area contributed by atoms with Gasteiger partial charge in [-0.15, -0.1) is 0 Å². The highest BCUT2D eigenvalue weighted by Gasteiger charge is 2.51. The van der Waals surface area contributed by atoms with Crippen molar-refractivity contribution in [2.75, 3.05) is 26.4 Å². The van der Waals surface area contributed by atoms with Crippen molar-refractivity contribution in [2.45, 2.75) is 79.7 Å². The smallest absolute Gasteiger partial charge is 0.187 e. The SMILES string of the molecule is NC[C@H]1O[C@@H](O[C@H]2[C@@H](O)CO[C@@H]2CO)[C@H](N)[C@H](O)[C@H]1O[C@@H]1O[C@H](CO)[C@@H](O)[C@H](O)[C@@H]1O. The number of nitrogens with two attached hydrogens (primary N) is 2. The molecule has 0 spiro atoms. The molecule has 3 aliphatic heterocycles. The van der Waals surface area contributed by atoms with Gasteiger partial charge in [0, 0.05) is 6.54 Å². The van der Waals surface area contributed by atoms with E-state index in [9.17, 15) is 35.7 Å². The number of ether oxygens (including phenoxy) is 5. The van der Waals surface area contributed by atoms with E-state index < -0.39 is 92.9 Å². The van der Waals surface area contributed by atoms with Crippen molar-refractivity contribution in [3.8, 4) is 0 Å². The van der Waals surface area contributed by atoms with Crippen LogP contribution in [0.1, 0.15) is 0 Å². The summed E-state index contributed by atoms with van der Waals surface area (Å²) in [6.07, 6.45) is -15.3. The quantitative estimate of drug-likeness (QED) is 0.173. The van der Waals surface area contributed by atoms with E-state index in [1.165, 1.54) is 0 Å². The molecule has 3 fully saturated rings. The molecule has 0 aliphatic carbocycles. The maximum atomic E-state index is 10.7. The van der Waals surface area contributed by atoms with Gasteiger partial charge < -0.3 is 70.9 Å². The molecule has 3 saturated heterocycles. The van der Waals surface area contributed by atoms with E-state index in [-0.39, 0.29) is 13.2 Å². The van der Waals surface area contributed by atoms with Crippen LogP contribution in [-0.2, 0) is 23.7 Å². The van der Waals surface area contributed by atoms with Gasteiger partial charge in [-0.25, -0.2) is 0 Å². The summed E-state index contributed by atoms with van der Waals surface area (Å²) in [6, 6.07) is -1.19. The molecule has 0 aromatic rings. The van der Waals surface area contributed by atoms with E-state index in [0.29, 0.717) is 0 Å². The van der Waals surface area contributed by atoms with Crippen LogP contribution >= 0.6 is 0 Å². The molecule has 0 radical (unpaired) electrons. The van der Waals surface area contributed by atoms with Gasteiger partial charge in [-0.05, 0) is 0 Å². The molecular formula is C17H32N2O12. The first-order chi connectivity index (χ1) is 14.7. The van der Waals surface area contributed by atoms with Crippen LogP contribution in [0.25, 0.3) is 0 Å². The van der Waals surface area contributed by atoms with Crippen molar-refractivity contribution in [1.29, 1.82) is 0 Å². The molecule has 13 atom stereocenters. The van der Waals surface area contributed by atoms with E-state index in [0.717, 1.165) is 0 Å². The largest absolute Gasteiger partial charge is 0.394 e. The highest BCUT2D eigenvalue weighted by atomic mass is 16.7. The summed E-state index contributed by atoms with van der Waals surface area (Å²) >= 11 is 0. The summed E-state index contributed by atoms with van der Waals surface area (Å²) in [6.45, 7) is -1.28. The lowest BCUT2D eigenvalue weighted by Gasteiger charge is -2.47. The normalized spacial score (nSPS) is 51.2. The molecule has 182 valence electrons. The molecular weight excluding hydrogens is 424 g/mol. The zero-order valence-electron chi connectivity index (χ0n) is 16.7. The zero-order valence-corrected chi connectivity index (χ0v) is 16.7. The van der Waals surface area contributed by atoms with Crippen molar-refractivity contribution >= 4 is 0 Å². The summed E-state index contributed by atoms with van der Waals surface area (Å²) < 4.78 is 27.5. The average molecular weight is 456 g/mol. The molecule has 14 heteroatoms. The van der Waals surface area contributed by atoms with E-state index in [4.69, 9.17) is 35.2 Å². The molecule has 0 saturated carbocycles. The summed E-state index contributed by atoms with van der Waals surface area (Å²) in [4.78, 5) is 0. The van der Waals surface area contributed by atoms with Gasteiger partial charge in [-0.3, -0.25) is 0 Å². The predicted octanol–water partition coefficient (Wildman–Crippen LogP) is -6.32. The van der Waals surface area contributed by atoms with Gasteiger partial charge in [0.15, 0.2) is 12.6 Å². The highest BCUT2D eigenvalue weighted by Crippen LogP contribution is 2.30. The van der Waals surface area contributed by atoms with E-state index in [2.05, 4.69) is 0 Å². The van der Waals surface area contributed by atoms with Gasteiger partial charge >= 0.3 is 0 Å². The highest BCUT2D eigenvalue weighted by molar-refractivity contribution is 4.97. The van der Waals surface area contributed by atoms with Crippen LogP contribution in [-0.4, -0.2) is 142 Å². The fraction of sp³-hybridized carbons (Fsp3) is 1.00. The molecule has 31 heavy (non-hydrogen) atoms. The van der Waals surface area contributed by atoms with Crippen LogP contribution in [0.5, 0.6) is 0 Å². The van der Waals surface area contributed by atoms with E-state index in [1.807, 2.05) is 0 Å². The van der Waals surface area contributed by atoms with Gasteiger partial charge in [-0.2, -0.15) is 0 Å². The van der Waals surface area contributed by atoms with Crippen molar-refractivity contribution in [2.24, 2.45) is 11.5 Å². The second-order valence-electron chi connectivity index (χ2n) is 7.87. The van der Waals surface area contributed by atoms with Crippen LogP contribution in [0.3, 0.4) is 0 Å². The number of hydrogen-bond donors (Lipinski definition) is 9. The second kappa shape index (κ2) is 10.6. The summed E-state index contributed by atoms with van der Waals surface area (Å²) in [5.41, 5.74) is 11.8. The van der Waals surface area contributed by atoms with Crippen molar-refractivity contribution in [1.82, 2.24) is 0 Å². The standard InChI is InChI=1S/C17H32N2O12/c18-1-6-15(31-17-13(26)12(25)10(23)7(2-20)29-17)11(24)9(19)16(28-6)30-14-5(22)4-27-8(14)3-21/h5-17,20-26H,1-4,18-19H2/t5-,6+,7+,8+,9+,10+,11-,12-,13-,14-,15-,16-,17-/m0/s1. The molecule has 0 bridgehead atoms. The average Bonchev–Trinajstić information content (AvgIpc) is 3.12. The first kappa shape index (κ1) is 25.1. The Labute approximate surface area is 177 Å². The Hall–Kier alpha value is -0.560. The number of aliphatic hydroxyl groups is 7. The first-order valence-corrected chi connectivity index (χ1v) is 10.0. The topological polar surface area (TPSA) is 240 Å². The molecule has 3 rings (SSSR count). The van der Waals surface area contributed by atoms with Crippen molar-refractivity contribution in [3.63, 3.8) is 0 Å². The van der Waals surface area contributed by atoms with Gasteiger partial charge in [-0.1, -0.05) is 0 Å². The molecule has 0 unspecified atom stereocenters. The first-order valence-electron chi connectivity index (χ1n) is 10.0. The summed E-state index contributed by atoms with van der Waals surface area (Å²) in [5.74, 6) is 0. The van der Waals surface area contributed by atoms with Crippen LogP contribution in [0.4, 0.5) is 0 Å². The lowest BCUT2D eigenvalue weighted by atomic mass is 9.95. The molecule has 14 nitrogen and oxygen atoms in total. The fourth-order valence-electron chi connectivity index (χ4n) is 3.91. The van der Waals surface area contributed by atoms with Crippen LogP contribution in [0.15, 0.2) is 0 Å². The third-order valence-electron chi connectivity index (χ3n) is 5.79. The number of rotatable bonds is 7. The molecule has 0 aromatic heterocycles. The Morgan fingerprint density at radius 3 is 1.97 bits per heavy atom.